The van der Waals surface area contributed by atoms with Crippen LogP contribution in [0.5, 0.6) is 0 Å². The molecule has 1 heterocycles. The van der Waals surface area contributed by atoms with Crippen molar-refractivity contribution in [2.24, 2.45) is 0 Å². The third-order valence-corrected chi connectivity index (χ3v) is 5.54. The summed E-state index contributed by atoms with van der Waals surface area (Å²) >= 11 is 0. The summed E-state index contributed by atoms with van der Waals surface area (Å²) in [6.07, 6.45) is 1.73. The van der Waals surface area contributed by atoms with Crippen molar-refractivity contribution in [2.75, 3.05) is 32.7 Å². The standard InChI is InChI=1S/C11H25N3O2S/c1-4-11(3)14(5-2)17(15,16)13-9-6-7-12-8-10-13/h11-12H,4-10H2,1-3H3. The van der Waals surface area contributed by atoms with Gasteiger partial charge >= 0.3 is 0 Å². The van der Waals surface area contributed by atoms with E-state index in [1.165, 1.54) is 0 Å². The molecule has 0 aromatic heterocycles. The summed E-state index contributed by atoms with van der Waals surface area (Å²) in [5, 5.41) is 3.22. The van der Waals surface area contributed by atoms with Gasteiger partial charge in [-0.05, 0) is 26.3 Å². The Balaban J connectivity index is 2.82. The predicted molar refractivity (Wildman–Crippen MR) is 70.1 cm³/mol. The van der Waals surface area contributed by atoms with Gasteiger partial charge in [0.25, 0.3) is 10.2 Å². The maximum Gasteiger partial charge on any atom is 0.282 e. The molecule has 0 aromatic rings. The first-order chi connectivity index (χ1) is 8.04. The molecule has 1 rings (SSSR count). The fourth-order valence-electron chi connectivity index (χ4n) is 2.11. The van der Waals surface area contributed by atoms with Gasteiger partial charge in [0.05, 0.1) is 0 Å². The summed E-state index contributed by atoms with van der Waals surface area (Å²) in [5.74, 6) is 0. The van der Waals surface area contributed by atoms with Crippen molar-refractivity contribution in [2.45, 2.75) is 39.7 Å². The van der Waals surface area contributed by atoms with Gasteiger partial charge in [-0.1, -0.05) is 13.8 Å². The average Bonchev–Trinajstić information content (AvgIpc) is 2.58. The molecule has 6 heteroatoms. The van der Waals surface area contributed by atoms with Crippen molar-refractivity contribution in [1.82, 2.24) is 13.9 Å². The molecule has 1 saturated heterocycles. The van der Waals surface area contributed by atoms with Crippen LogP contribution in [-0.4, -0.2) is 55.8 Å². The highest BCUT2D eigenvalue weighted by Crippen LogP contribution is 2.15. The number of hydrogen-bond donors (Lipinski definition) is 1. The SMILES string of the molecule is CCC(C)N(CC)S(=O)(=O)N1CCCNCC1. The second-order valence-electron chi connectivity index (χ2n) is 4.47. The van der Waals surface area contributed by atoms with E-state index in [2.05, 4.69) is 5.32 Å². The zero-order valence-electron chi connectivity index (χ0n) is 11.1. The van der Waals surface area contributed by atoms with Gasteiger partial charge in [-0.25, -0.2) is 0 Å². The lowest BCUT2D eigenvalue weighted by Gasteiger charge is -2.31. The minimum atomic E-state index is -3.28. The fraction of sp³-hybridized carbons (Fsp3) is 1.00. The van der Waals surface area contributed by atoms with Crippen LogP contribution in [0.1, 0.15) is 33.6 Å². The van der Waals surface area contributed by atoms with E-state index in [4.69, 9.17) is 0 Å². The van der Waals surface area contributed by atoms with Crippen LogP contribution >= 0.6 is 0 Å². The second-order valence-corrected chi connectivity index (χ2v) is 6.35. The van der Waals surface area contributed by atoms with Gasteiger partial charge in [0.15, 0.2) is 0 Å². The highest BCUT2D eigenvalue weighted by molar-refractivity contribution is 7.86. The first kappa shape index (κ1) is 14.9. The fourth-order valence-corrected chi connectivity index (χ4v) is 4.01. The molecule has 0 aromatic carbocycles. The normalized spacial score (nSPS) is 21.4. The highest BCUT2D eigenvalue weighted by atomic mass is 32.2. The summed E-state index contributed by atoms with van der Waals surface area (Å²) in [7, 11) is -3.28. The van der Waals surface area contributed by atoms with E-state index in [1.54, 1.807) is 8.61 Å². The summed E-state index contributed by atoms with van der Waals surface area (Å²) in [6.45, 7) is 9.29. The van der Waals surface area contributed by atoms with E-state index < -0.39 is 10.2 Å². The lowest BCUT2D eigenvalue weighted by atomic mass is 10.3. The van der Waals surface area contributed by atoms with Crippen molar-refractivity contribution in [3.05, 3.63) is 0 Å². The summed E-state index contributed by atoms with van der Waals surface area (Å²) in [4.78, 5) is 0. The third kappa shape index (κ3) is 3.64. The molecule has 0 amide bonds. The van der Waals surface area contributed by atoms with Crippen LogP contribution in [0, 0.1) is 0 Å². The van der Waals surface area contributed by atoms with E-state index in [9.17, 15) is 8.42 Å². The average molecular weight is 263 g/mol. The van der Waals surface area contributed by atoms with Gasteiger partial charge < -0.3 is 5.32 Å². The molecule has 1 atom stereocenters. The molecule has 1 fully saturated rings. The number of nitrogens with one attached hydrogen (secondary N) is 1. The molecule has 0 aliphatic carbocycles. The van der Waals surface area contributed by atoms with Crippen LogP contribution in [0.3, 0.4) is 0 Å². The zero-order valence-corrected chi connectivity index (χ0v) is 12.0. The lowest BCUT2D eigenvalue weighted by molar-refractivity contribution is 0.301. The Hall–Kier alpha value is -0.170. The van der Waals surface area contributed by atoms with E-state index in [0.717, 1.165) is 25.9 Å². The summed E-state index contributed by atoms with van der Waals surface area (Å²) < 4.78 is 28.2. The van der Waals surface area contributed by atoms with Gasteiger partial charge in [0.1, 0.15) is 0 Å². The van der Waals surface area contributed by atoms with E-state index >= 15 is 0 Å². The monoisotopic (exact) mass is 263 g/mol. The Morgan fingerprint density at radius 1 is 1.29 bits per heavy atom. The quantitative estimate of drug-likeness (QED) is 0.792. The van der Waals surface area contributed by atoms with Gasteiger partial charge in [-0.3, -0.25) is 0 Å². The Kier molecular flexibility index (Phi) is 5.85. The van der Waals surface area contributed by atoms with Crippen LogP contribution in [0.25, 0.3) is 0 Å². The first-order valence-corrected chi connectivity index (χ1v) is 7.91. The van der Waals surface area contributed by atoms with Crippen LogP contribution in [-0.2, 0) is 10.2 Å². The predicted octanol–water partition coefficient (Wildman–Crippen LogP) is 0.647. The molecule has 1 unspecified atom stereocenters. The minimum absolute atomic E-state index is 0.0706. The van der Waals surface area contributed by atoms with Gasteiger partial charge in [0.2, 0.25) is 0 Å². The minimum Gasteiger partial charge on any atom is -0.315 e. The maximum atomic E-state index is 12.5. The molecule has 1 aliphatic heterocycles. The van der Waals surface area contributed by atoms with E-state index in [-0.39, 0.29) is 6.04 Å². The molecular formula is C11H25N3O2S. The summed E-state index contributed by atoms with van der Waals surface area (Å²) in [6, 6.07) is 0.0706. The van der Waals surface area contributed by atoms with Crippen LogP contribution < -0.4 is 5.32 Å². The molecule has 102 valence electrons. The van der Waals surface area contributed by atoms with Crippen molar-refractivity contribution in [3.8, 4) is 0 Å². The zero-order chi connectivity index (χ0) is 12.9. The van der Waals surface area contributed by atoms with Crippen molar-refractivity contribution in [1.29, 1.82) is 0 Å². The van der Waals surface area contributed by atoms with Crippen LogP contribution in [0.15, 0.2) is 0 Å². The Bertz CT molecular complexity index is 311. The van der Waals surface area contributed by atoms with Crippen LogP contribution in [0.2, 0.25) is 0 Å². The van der Waals surface area contributed by atoms with E-state index in [0.29, 0.717) is 19.6 Å². The van der Waals surface area contributed by atoms with Gasteiger partial charge in [-0.2, -0.15) is 17.0 Å². The van der Waals surface area contributed by atoms with Crippen molar-refractivity contribution in [3.63, 3.8) is 0 Å². The smallest absolute Gasteiger partial charge is 0.282 e. The topological polar surface area (TPSA) is 52.7 Å². The largest absolute Gasteiger partial charge is 0.315 e. The molecule has 0 spiro atoms. The number of rotatable bonds is 5. The maximum absolute atomic E-state index is 12.5. The third-order valence-electron chi connectivity index (χ3n) is 3.32. The molecule has 17 heavy (non-hydrogen) atoms. The van der Waals surface area contributed by atoms with Crippen LogP contribution in [0.4, 0.5) is 0 Å². The molecular weight excluding hydrogens is 238 g/mol. The Labute approximate surface area is 105 Å². The van der Waals surface area contributed by atoms with E-state index in [1.807, 2.05) is 20.8 Å². The second kappa shape index (κ2) is 6.68. The highest BCUT2D eigenvalue weighted by Gasteiger charge is 2.31. The molecule has 1 aliphatic rings. The molecule has 0 saturated carbocycles. The lowest BCUT2D eigenvalue weighted by Crippen LogP contribution is -2.48. The van der Waals surface area contributed by atoms with Gasteiger partial charge in [0, 0.05) is 32.2 Å². The Morgan fingerprint density at radius 2 is 2.00 bits per heavy atom. The summed E-state index contributed by atoms with van der Waals surface area (Å²) in [5.41, 5.74) is 0. The van der Waals surface area contributed by atoms with Gasteiger partial charge in [-0.15, -0.1) is 0 Å². The Morgan fingerprint density at radius 3 is 2.59 bits per heavy atom. The first-order valence-electron chi connectivity index (χ1n) is 6.51. The number of nitrogens with zero attached hydrogens (tertiary/aromatic N) is 2. The molecule has 0 radical (unpaired) electrons. The molecule has 0 bridgehead atoms. The van der Waals surface area contributed by atoms with Crippen molar-refractivity contribution >= 4 is 10.2 Å². The molecule has 5 nitrogen and oxygen atoms in total. The molecule has 1 N–H and O–H groups in total. The number of hydrogen-bond acceptors (Lipinski definition) is 3. The van der Waals surface area contributed by atoms with Crippen molar-refractivity contribution < 1.29 is 8.42 Å².